The van der Waals surface area contributed by atoms with Crippen molar-refractivity contribution in [2.45, 2.75) is 143 Å². The van der Waals surface area contributed by atoms with Crippen molar-refractivity contribution in [1.29, 1.82) is 0 Å². The van der Waals surface area contributed by atoms with Crippen LogP contribution in [0, 0.1) is 0 Å². The van der Waals surface area contributed by atoms with E-state index < -0.39 is 12.2 Å². The lowest BCUT2D eigenvalue weighted by molar-refractivity contribution is 0.151. The summed E-state index contributed by atoms with van der Waals surface area (Å²) in [5.41, 5.74) is 1.23. The molecule has 0 saturated carbocycles. The van der Waals surface area contributed by atoms with Crippen molar-refractivity contribution in [2.75, 3.05) is 63.1 Å². The van der Waals surface area contributed by atoms with Crippen molar-refractivity contribution in [2.24, 2.45) is 0 Å². The number of nitrogens with zero attached hydrogens (tertiary/aromatic N) is 2. The summed E-state index contributed by atoms with van der Waals surface area (Å²) < 4.78 is 10.8. The Balaban J connectivity index is 2.13. The van der Waals surface area contributed by atoms with E-state index in [2.05, 4.69) is 48.1 Å². The van der Waals surface area contributed by atoms with Gasteiger partial charge in [-0.2, -0.15) is 0 Å². The molecule has 266 valence electrons. The molecule has 0 aliphatic rings. The fourth-order valence-electron chi connectivity index (χ4n) is 5.65. The van der Waals surface area contributed by atoms with E-state index in [4.69, 9.17) is 9.47 Å². The summed E-state index contributed by atoms with van der Waals surface area (Å²) in [5.74, 6) is 0. The molecule has 0 spiro atoms. The first-order valence-electron chi connectivity index (χ1n) is 18.9. The Kier molecular flexibility index (Phi) is 27.2. The molecule has 1 aromatic rings. The topological polar surface area (TPSA) is 83.1 Å². The maximum Gasteiger partial charge on any atom is 0.411 e. The van der Waals surface area contributed by atoms with Crippen LogP contribution in [0.3, 0.4) is 0 Å². The van der Waals surface area contributed by atoms with Crippen molar-refractivity contribution in [3.8, 4) is 0 Å². The SMILES string of the molecule is CCCCCCCCCCN(CC)CCCOC(=O)Nc1ccc(NC(=O)OCCCN(CC)CCCCCCCCCC)cc1. The van der Waals surface area contributed by atoms with Gasteiger partial charge in [0.05, 0.1) is 13.2 Å². The lowest BCUT2D eigenvalue weighted by Gasteiger charge is -2.20. The number of amides is 2. The first-order valence-corrected chi connectivity index (χ1v) is 18.9. The van der Waals surface area contributed by atoms with E-state index in [1.165, 1.54) is 103 Å². The third-order valence-corrected chi connectivity index (χ3v) is 8.63. The van der Waals surface area contributed by atoms with Crippen LogP contribution in [0.1, 0.15) is 143 Å². The van der Waals surface area contributed by atoms with Crippen LogP contribution in [0.2, 0.25) is 0 Å². The molecule has 2 N–H and O–H groups in total. The summed E-state index contributed by atoms with van der Waals surface area (Å²) in [7, 11) is 0. The summed E-state index contributed by atoms with van der Waals surface area (Å²) in [6, 6.07) is 6.96. The number of hydrogen-bond acceptors (Lipinski definition) is 6. The molecule has 8 heteroatoms. The molecule has 1 aromatic carbocycles. The number of unbranched alkanes of at least 4 members (excludes halogenated alkanes) is 14. The van der Waals surface area contributed by atoms with Crippen molar-refractivity contribution in [1.82, 2.24) is 9.80 Å². The molecule has 0 saturated heterocycles. The zero-order chi connectivity index (χ0) is 33.5. The minimum atomic E-state index is -0.463. The van der Waals surface area contributed by atoms with Gasteiger partial charge >= 0.3 is 12.2 Å². The van der Waals surface area contributed by atoms with Gasteiger partial charge in [0.1, 0.15) is 0 Å². The minimum Gasteiger partial charge on any atom is -0.449 e. The first-order chi connectivity index (χ1) is 22.5. The number of anilines is 2. The molecule has 0 radical (unpaired) electrons. The minimum absolute atomic E-state index is 0.389. The molecule has 0 heterocycles. The van der Waals surface area contributed by atoms with Gasteiger partial charge in [-0.05, 0) is 76.1 Å². The van der Waals surface area contributed by atoms with E-state index in [1.807, 2.05) is 0 Å². The quantitative estimate of drug-likeness (QED) is 0.0809. The number of hydrogen-bond donors (Lipinski definition) is 2. The second-order valence-corrected chi connectivity index (χ2v) is 12.6. The van der Waals surface area contributed by atoms with Gasteiger partial charge in [-0.25, -0.2) is 9.59 Å². The third kappa shape index (κ3) is 23.9. The zero-order valence-electron chi connectivity index (χ0n) is 30.2. The van der Waals surface area contributed by atoms with Gasteiger partial charge in [-0.15, -0.1) is 0 Å². The van der Waals surface area contributed by atoms with Crippen LogP contribution in [0.5, 0.6) is 0 Å². The summed E-state index contributed by atoms with van der Waals surface area (Å²) in [6.07, 6.45) is 22.0. The lowest BCUT2D eigenvalue weighted by Crippen LogP contribution is -2.27. The number of ether oxygens (including phenoxy) is 2. The standard InChI is InChI=1S/C38H70N4O4/c1-5-9-11-13-15-17-19-21-29-41(7-3)31-23-33-45-37(43)39-35-25-27-36(28-26-35)40-38(44)46-34-24-32-42(8-4)30-22-20-18-16-14-12-10-6-2/h25-28H,5-24,29-34H2,1-4H3,(H,39,43)(H,40,44). The van der Waals surface area contributed by atoms with Crippen LogP contribution < -0.4 is 10.6 Å². The smallest absolute Gasteiger partial charge is 0.411 e. The molecule has 0 aliphatic carbocycles. The van der Waals surface area contributed by atoms with Crippen LogP contribution in [0.25, 0.3) is 0 Å². The second-order valence-electron chi connectivity index (χ2n) is 12.6. The molecule has 0 atom stereocenters. The molecule has 0 aromatic heterocycles. The Morgan fingerprint density at radius 2 is 0.783 bits per heavy atom. The van der Waals surface area contributed by atoms with E-state index >= 15 is 0 Å². The predicted octanol–water partition coefficient (Wildman–Crippen LogP) is 10.5. The Bertz CT molecular complexity index is 783. The number of carbonyl (C=O) groups excluding carboxylic acids is 2. The van der Waals surface area contributed by atoms with Crippen LogP contribution in [0.4, 0.5) is 21.0 Å². The molecule has 0 bridgehead atoms. The fourth-order valence-corrected chi connectivity index (χ4v) is 5.65. The number of benzene rings is 1. The van der Waals surface area contributed by atoms with Gasteiger partial charge in [-0.3, -0.25) is 10.6 Å². The third-order valence-electron chi connectivity index (χ3n) is 8.63. The Labute approximate surface area is 282 Å². The predicted molar refractivity (Wildman–Crippen MR) is 195 cm³/mol. The van der Waals surface area contributed by atoms with Gasteiger partial charge in [0.25, 0.3) is 0 Å². The van der Waals surface area contributed by atoms with Gasteiger partial charge in [0, 0.05) is 24.5 Å². The van der Waals surface area contributed by atoms with Crippen LogP contribution in [-0.4, -0.2) is 74.5 Å². The summed E-state index contributed by atoms with van der Waals surface area (Å²) in [4.78, 5) is 29.3. The number of rotatable bonds is 30. The van der Waals surface area contributed by atoms with E-state index in [-0.39, 0.29) is 0 Å². The van der Waals surface area contributed by atoms with Gasteiger partial charge in [-0.1, -0.05) is 118 Å². The largest absolute Gasteiger partial charge is 0.449 e. The number of carbonyl (C=O) groups is 2. The molecular weight excluding hydrogens is 576 g/mol. The van der Waals surface area contributed by atoms with Crippen molar-refractivity contribution in [3.63, 3.8) is 0 Å². The molecule has 2 amide bonds. The monoisotopic (exact) mass is 647 g/mol. The van der Waals surface area contributed by atoms with Crippen molar-refractivity contribution >= 4 is 23.6 Å². The summed E-state index contributed by atoms with van der Waals surface area (Å²) >= 11 is 0. The maximum atomic E-state index is 12.2. The molecular formula is C38H70N4O4. The van der Waals surface area contributed by atoms with Gasteiger partial charge in [0.15, 0.2) is 0 Å². The Morgan fingerprint density at radius 3 is 1.11 bits per heavy atom. The molecule has 1 rings (SSSR count). The van der Waals surface area contributed by atoms with Crippen LogP contribution in [0.15, 0.2) is 24.3 Å². The molecule has 8 nitrogen and oxygen atoms in total. The van der Waals surface area contributed by atoms with Crippen molar-refractivity contribution < 1.29 is 19.1 Å². The average Bonchev–Trinajstić information content (AvgIpc) is 3.06. The highest BCUT2D eigenvalue weighted by Crippen LogP contribution is 2.15. The number of nitrogens with one attached hydrogen (secondary N) is 2. The lowest BCUT2D eigenvalue weighted by atomic mass is 10.1. The first kappa shape index (κ1) is 41.7. The van der Waals surface area contributed by atoms with Crippen LogP contribution >= 0.6 is 0 Å². The molecule has 0 unspecified atom stereocenters. The Hall–Kier alpha value is -2.32. The Morgan fingerprint density at radius 1 is 0.478 bits per heavy atom. The highest BCUT2D eigenvalue weighted by Gasteiger charge is 2.08. The van der Waals surface area contributed by atoms with Crippen LogP contribution in [-0.2, 0) is 9.47 Å². The summed E-state index contributed by atoms with van der Waals surface area (Å²) in [6.45, 7) is 15.8. The van der Waals surface area contributed by atoms with Crippen molar-refractivity contribution in [3.05, 3.63) is 24.3 Å². The zero-order valence-corrected chi connectivity index (χ0v) is 30.2. The highest BCUT2D eigenvalue weighted by molar-refractivity contribution is 5.87. The molecule has 0 aliphatic heterocycles. The normalized spacial score (nSPS) is 11.3. The van der Waals surface area contributed by atoms with Gasteiger partial charge < -0.3 is 19.3 Å². The maximum absolute atomic E-state index is 12.2. The average molecular weight is 647 g/mol. The molecule has 0 fully saturated rings. The fraction of sp³-hybridized carbons (Fsp3) is 0.789. The second kappa shape index (κ2) is 30.0. The summed E-state index contributed by atoms with van der Waals surface area (Å²) in [5, 5.41) is 5.51. The van der Waals surface area contributed by atoms with E-state index in [9.17, 15) is 9.59 Å². The van der Waals surface area contributed by atoms with Gasteiger partial charge in [0.2, 0.25) is 0 Å². The van der Waals surface area contributed by atoms with E-state index in [0.717, 1.165) is 52.1 Å². The van der Waals surface area contributed by atoms with E-state index in [0.29, 0.717) is 24.6 Å². The highest BCUT2D eigenvalue weighted by atomic mass is 16.6. The van der Waals surface area contributed by atoms with E-state index in [1.54, 1.807) is 24.3 Å². The molecule has 46 heavy (non-hydrogen) atoms.